The molecule has 3 heterocycles. The number of nitrogens with one attached hydrogen (secondary N) is 4. The standard InChI is InChI=1S/C21H22FN9O/c1-24-20-17-18(31(2)11-28-17)15-8-16(29-19(15)30-20)13-5-12(6-14(22)7-13)9-26-21(27-10-23)25-3-4-32/h5-8,11,32H,3-4,9H2,1-2H3,(H2,24,29,30)(H2,25,26,27). The number of nitriles is 1. The Kier molecular flexibility index (Phi) is 5.87. The van der Waals surface area contributed by atoms with Gasteiger partial charge >= 0.3 is 0 Å². The molecule has 0 bridgehead atoms. The maximum absolute atomic E-state index is 14.4. The maximum atomic E-state index is 14.4. The van der Waals surface area contributed by atoms with E-state index in [0.29, 0.717) is 28.3 Å². The van der Waals surface area contributed by atoms with Gasteiger partial charge in [0, 0.05) is 37.3 Å². The number of aliphatic hydroxyl groups is 1. The summed E-state index contributed by atoms with van der Waals surface area (Å²) in [7, 11) is 3.70. The van der Waals surface area contributed by atoms with Gasteiger partial charge in [-0.3, -0.25) is 5.32 Å². The van der Waals surface area contributed by atoms with Gasteiger partial charge in [-0.2, -0.15) is 5.26 Å². The molecule has 0 saturated heterocycles. The molecule has 0 aliphatic heterocycles. The normalized spacial score (nSPS) is 11.7. The quantitative estimate of drug-likeness (QED) is 0.135. The summed E-state index contributed by atoms with van der Waals surface area (Å²) < 4.78 is 16.3. The number of aromatic nitrogens is 4. The number of pyridine rings is 1. The zero-order valence-corrected chi connectivity index (χ0v) is 17.6. The van der Waals surface area contributed by atoms with Crippen molar-refractivity contribution in [1.29, 1.82) is 5.26 Å². The molecule has 0 spiro atoms. The van der Waals surface area contributed by atoms with Crippen LogP contribution in [0.1, 0.15) is 5.56 Å². The summed E-state index contributed by atoms with van der Waals surface area (Å²) in [6.45, 7) is 0.270. The van der Waals surface area contributed by atoms with E-state index in [1.165, 1.54) is 12.1 Å². The summed E-state index contributed by atoms with van der Waals surface area (Å²) >= 11 is 0. The number of aromatic amines is 1. The highest BCUT2D eigenvalue weighted by atomic mass is 19.1. The van der Waals surface area contributed by atoms with E-state index in [-0.39, 0.29) is 25.7 Å². The number of anilines is 1. The van der Waals surface area contributed by atoms with Crippen LogP contribution < -0.4 is 16.0 Å². The lowest BCUT2D eigenvalue weighted by atomic mass is 10.1. The highest BCUT2D eigenvalue weighted by Crippen LogP contribution is 2.32. The number of aliphatic hydroxyl groups excluding tert-OH is 1. The van der Waals surface area contributed by atoms with Gasteiger partial charge in [-0.05, 0) is 29.8 Å². The van der Waals surface area contributed by atoms with Crippen LogP contribution in [0, 0.1) is 17.3 Å². The third-order valence-corrected chi connectivity index (χ3v) is 4.94. The number of imidazole rings is 1. The van der Waals surface area contributed by atoms with Crippen molar-refractivity contribution in [3.05, 3.63) is 42.0 Å². The van der Waals surface area contributed by atoms with E-state index in [9.17, 15) is 4.39 Å². The summed E-state index contributed by atoms with van der Waals surface area (Å²) in [6, 6.07) is 6.59. The van der Waals surface area contributed by atoms with Gasteiger partial charge < -0.3 is 25.3 Å². The lowest BCUT2D eigenvalue weighted by Gasteiger charge is -2.07. The Morgan fingerprint density at radius 2 is 2.19 bits per heavy atom. The van der Waals surface area contributed by atoms with Gasteiger partial charge in [-0.1, -0.05) is 0 Å². The Balaban J connectivity index is 1.73. The van der Waals surface area contributed by atoms with Crippen molar-refractivity contribution in [2.24, 2.45) is 12.0 Å². The second kappa shape index (κ2) is 8.91. The number of nitrogens with zero attached hydrogens (tertiary/aromatic N) is 5. The Hall–Kier alpha value is -4.17. The fourth-order valence-corrected chi connectivity index (χ4v) is 3.56. The Morgan fingerprint density at radius 3 is 2.94 bits per heavy atom. The topological polar surface area (TPSA) is 139 Å². The molecule has 0 radical (unpaired) electrons. The Morgan fingerprint density at radius 1 is 1.34 bits per heavy atom. The molecule has 164 valence electrons. The van der Waals surface area contributed by atoms with Crippen LogP contribution in [-0.4, -0.2) is 50.8 Å². The van der Waals surface area contributed by atoms with E-state index in [1.54, 1.807) is 19.6 Å². The van der Waals surface area contributed by atoms with Crippen molar-refractivity contribution in [1.82, 2.24) is 30.2 Å². The summed E-state index contributed by atoms with van der Waals surface area (Å²) in [5, 5.41) is 26.9. The third-order valence-electron chi connectivity index (χ3n) is 4.94. The average Bonchev–Trinajstić information content (AvgIpc) is 3.38. The molecular weight excluding hydrogens is 413 g/mol. The molecule has 11 heteroatoms. The van der Waals surface area contributed by atoms with Crippen molar-refractivity contribution in [2.45, 2.75) is 6.54 Å². The zero-order chi connectivity index (χ0) is 22.7. The number of guanidine groups is 1. The molecule has 0 unspecified atom stereocenters. The molecule has 4 aromatic rings. The molecule has 0 atom stereocenters. The minimum absolute atomic E-state index is 0.107. The number of aliphatic imine (C=N–C) groups is 1. The van der Waals surface area contributed by atoms with Gasteiger partial charge in [0.05, 0.1) is 25.0 Å². The van der Waals surface area contributed by atoms with Crippen LogP contribution >= 0.6 is 0 Å². The molecular formula is C21H22FN9O. The molecule has 4 rings (SSSR count). The minimum Gasteiger partial charge on any atom is -0.395 e. The first-order valence-corrected chi connectivity index (χ1v) is 9.89. The van der Waals surface area contributed by atoms with Gasteiger partial charge in [0.1, 0.15) is 17.0 Å². The second-order valence-corrected chi connectivity index (χ2v) is 7.11. The number of fused-ring (bicyclic) bond motifs is 3. The summed E-state index contributed by atoms with van der Waals surface area (Å²) in [6.07, 6.45) is 3.51. The molecule has 10 nitrogen and oxygen atoms in total. The first-order chi connectivity index (χ1) is 15.5. The highest BCUT2D eigenvalue weighted by Gasteiger charge is 2.15. The fraction of sp³-hybridized carbons (Fsp3) is 0.238. The molecule has 3 aromatic heterocycles. The summed E-state index contributed by atoms with van der Waals surface area (Å²) in [5.74, 6) is 0.461. The Bertz CT molecular complexity index is 1350. The lowest BCUT2D eigenvalue weighted by Crippen LogP contribution is -2.36. The van der Waals surface area contributed by atoms with E-state index in [2.05, 4.69) is 35.9 Å². The largest absolute Gasteiger partial charge is 0.395 e. The van der Waals surface area contributed by atoms with E-state index < -0.39 is 5.82 Å². The maximum Gasteiger partial charge on any atom is 0.205 e. The van der Waals surface area contributed by atoms with Crippen molar-refractivity contribution in [2.75, 3.05) is 25.5 Å². The third kappa shape index (κ3) is 4.03. The van der Waals surface area contributed by atoms with Gasteiger partial charge in [0.2, 0.25) is 5.96 Å². The number of aryl methyl sites for hydroxylation is 1. The van der Waals surface area contributed by atoms with Crippen LogP contribution in [0.25, 0.3) is 33.3 Å². The number of hydrogen-bond acceptors (Lipinski definition) is 6. The second-order valence-electron chi connectivity index (χ2n) is 7.11. The van der Waals surface area contributed by atoms with Gasteiger partial charge in [0.15, 0.2) is 12.0 Å². The molecule has 0 aliphatic rings. The molecule has 0 saturated carbocycles. The van der Waals surface area contributed by atoms with Crippen molar-refractivity contribution in [3.63, 3.8) is 0 Å². The number of hydrogen-bond donors (Lipinski definition) is 5. The number of halogens is 1. The molecule has 5 N–H and O–H groups in total. The smallest absolute Gasteiger partial charge is 0.205 e. The van der Waals surface area contributed by atoms with Crippen LogP contribution in [-0.2, 0) is 13.6 Å². The van der Waals surface area contributed by atoms with Crippen LogP contribution in [0.4, 0.5) is 10.2 Å². The van der Waals surface area contributed by atoms with Crippen LogP contribution in [0.2, 0.25) is 0 Å². The predicted octanol–water partition coefficient (Wildman–Crippen LogP) is 1.81. The predicted molar refractivity (Wildman–Crippen MR) is 120 cm³/mol. The monoisotopic (exact) mass is 435 g/mol. The highest BCUT2D eigenvalue weighted by molar-refractivity contribution is 6.07. The number of H-pyrrole nitrogens is 1. The van der Waals surface area contributed by atoms with E-state index in [1.807, 2.05) is 23.7 Å². The molecule has 0 fully saturated rings. The van der Waals surface area contributed by atoms with E-state index in [0.717, 1.165) is 16.4 Å². The first kappa shape index (κ1) is 21.1. The molecule has 0 amide bonds. The van der Waals surface area contributed by atoms with E-state index >= 15 is 0 Å². The lowest BCUT2D eigenvalue weighted by molar-refractivity contribution is 0.300. The van der Waals surface area contributed by atoms with Crippen molar-refractivity contribution in [3.8, 4) is 17.5 Å². The molecule has 0 aliphatic carbocycles. The Labute approximate surface area is 182 Å². The average molecular weight is 435 g/mol. The number of benzene rings is 1. The SMILES string of the molecule is CNc1nc2[nH]c(-c3cc(F)cc(CN=C(NC#N)NCCO)c3)cc2c2c1ncn2C. The van der Waals surface area contributed by atoms with Crippen molar-refractivity contribution < 1.29 is 9.50 Å². The number of rotatable bonds is 6. The minimum atomic E-state index is -0.404. The van der Waals surface area contributed by atoms with Crippen LogP contribution in [0.15, 0.2) is 35.6 Å². The van der Waals surface area contributed by atoms with Crippen LogP contribution in [0.3, 0.4) is 0 Å². The summed E-state index contributed by atoms with van der Waals surface area (Å²) in [5.41, 5.74) is 4.32. The summed E-state index contributed by atoms with van der Waals surface area (Å²) in [4.78, 5) is 16.6. The van der Waals surface area contributed by atoms with E-state index in [4.69, 9.17) is 10.4 Å². The van der Waals surface area contributed by atoms with Gasteiger partial charge in [-0.15, -0.1) is 0 Å². The zero-order valence-electron chi connectivity index (χ0n) is 17.6. The fourth-order valence-electron chi connectivity index (χ4n) is 3.56. The molecule has 32 heavy (non-hydrogen) atoms. The first-order valence-electron chi connectivity index (χ1n) is 9.89. The van der Waals surface area contributed by atoms with Crippen LogP contribution in [0.5, 0.6) is 0 Å². The van der Waals surface area contributed by atoms with Gasteiger partial charge in [0.25, 0.3) is 0 Å². The van der Waals surface area contributed by atoms with Crippen molar-refractivity contribution >= 4 is 33.8 Å². The van der Waals surface area contributed by atoms with Gasteiger partial charge in [-0.25, -0.2) is 19.4 Å². The molecule has 1 aromatic carbocycles.